The van der Waals surface area contributed by atoms with E-state index in [0.717, 1.165) is 38.8 Å². The molecule has 0 amide bonds. The third kappa shape index (κ3) is 5.12. The van der Waals surface area contributed by atoms with Gasteiger partial charge in [-0.2, -0.15) is 9.97 Å². The Balaban J connectivity index is 1.13. The molecule has 2 aliphatic carbocycles. The van der Waals surface area contributed by atoms with Gasteiger partial charge in [-0.3, -0.25) is 9.13 Å². The summed E-state index contributed by atoms with van der Waals surface area (Å²) in [7, 11) is 1.79. The molecule has 230 valence electrons. The molecular formula is C37H33ClN6O2. The maximum absolute atomic E-state index is 13.5. The van der Waals surface area contributed by atoms with E-state index < -0.39 is 0 Å². The van der Waals surface area contributed by atoms with Gasteiger partial charge in [-0.25, -0.2) is 9.59 Å². The minimum Gasteiger partial charge on any atom is -0.372 e. The second kappa shape index (κ2) is 11.1. The molecule has 2 aliphatic rings. The van der Waals surface area contributed by atoms with Crippen LogP contribution in [0.25, 0.3) is 33.2 Å². The van der Waals surface area contributed by atoms with Crippen molar-refractivity contribution < 1.29 is 0 Å². The van der Waals surface area contributed by atoms with Gasteiger partial charge >= 0.3 is 11.4 Å². The number of anilines is 2. The molecule has 6 aromatic rings. The molecule has 0 spiro atoms. The fraction of sp³-hybridized carbons (Fsp3) is 0.243. The quantitative estimate of drug-likeness (QED) is 0.182. The fourth-order valence-electron chi connectivity index (χ4n) is 6.52. The fourth-order valence-corrected chi connectivity index (χ4v) is 6.69. The highest BCUT2D eigenvalue weighted by atomic mass is 35.5. The Morgan fingerprint density at radius 1 is 0.761 bits per heavy atom. The number of aromatic nitrogens is 4. The van der Waals surface area contributed by atoms with Crippen molar-refractivity contribution in [1.29, 1.82) is 0 Å². The first-order valence-electron chi connectivity index (χ1n) is 15.8. The van der Waals surface area contributed by atoms with Crippen LogP contribution in [0.4, 0.5) is 11.6 Å². The van der Waals surface area contributed by atoms with Gasteiger partial charge in [-0.15, -0.1) is 0 Å². The SMILES string of the molecule is CNc1nc(=O)n(-c2ccc(CNc3nc(=O)n(-c4cccc(C5CC5)c4)c4cc(Cl)ccc34)cc2C)c2cc(C3CC3)ccc12. The first-order valence-corrected chi connectivity index (χ1v) is 16.2. The number of rotatable bonds is 8. The second-order valence-corrected chi connectivity index (χ2v) is 12.9. The summed E-state index contributed by atoms with van der Waals surface area (Å²) in [6.07, 6.45) is 4.72. The largest absolute Gasteiger partial charge is 0.372 e. The van der Waals surface area contributed by atoms with Crippen molar-refractivity contribution in [1.82, 2.24) is 19.1 Å². The topological polar surface area (TPSA) is 93.8 Å². The van der Waals surface area contributed by atoms with Crippen LogP contribution >= 0.6 is 11.6 Å². The number of halogens is 1. The smallest absolute Gasteiger partial charge is 0.354 e. The molecule has 0 aliphatic heterocycles. The molecular weight excluding hydrogens is 596 g/mol. The molecule has 2 saturated carbocycles. The molecule has 0 unspecified atom stereocenters. The Hall–Kier alpha value is -4.95. The third-order valence-corrected chi connectivity index (χ3v) is 9.43. The molecule has 0 atom stereocenters. The van der Waals surface area contributed by atoms with Gasteiger partial charge in [0.15, 0.2) is 0 Å². The van der Waals surface area contributed by atoms with Crippen LogP contribution in [0.2, 0.25) is 5.02 Å². The van der Waals surface area contributed by atoms with Crippen molar-refractivity contribution in [2.75, 3.05) is 17.7 Å². The number of nitrogens with zero attached hydrogens (tertiary/aromatic N) is 4. The number of aryl methyl sites for hydroxylation is 1. The molecule has 2 aromatic heterocycles. The molecule has 46 heavy (non-hydrogen) atoms. The monoisotopic (exact) mass is 628 g/mol. The summed E-state index contributed by atoms with van der Waals surface area (Å²) in [4.78, 5) is 35.7. The lowest BCUT2D eigenvalue weighted by molar-refractivity contribution is 0.941. The van der Waals surface area contributed by atoms with Gasteiger partial charge in [0, 0.05) is 29.4 Å². The summed E-state index contributed by atoms with van der Waals surface area (Å²) < 4.78 is 3.35. The van der Waals surface area contributed by atoms with Gasteiger partial charge in [0.25, 0.3) is 0 Å². The van der Waals surface area contributed by atoms with E-state index in [4.69, 9.17) is 11.6 Å². The first kappa shape index (κ1) is 28.5. The molecule has 8 rings (SSSR count). The van der Waals surface area contributed by atoms with E-state index in [-0.39, 0.29) is 11.4 Å². The molecule has 9 heteroatoms. The van der Waals surface area contributed by atoms with Crippen molar-refractivity contribution in [3.63, 3.8) is 0 Å². The zero-order valence-electron chi connectivity index (χ0n) is 25.7. The van der Waals surface area contributed by atoms with Gasteiger partial charge in [0.2, 0.25) is 0 Å². The standard InChI is InChI=1S/C37H33ClN6O2/c1-21-16-22(6-15-31(21)44-32-18-26(24-9-10-24)11-13-29(32)34(39-2)41-37(44)46)20-40-35-30-14-12-27(38)19-33(30)43(36(45)42-35)28-5-3-4-25(17-28)23-7-8-23/h3-6,11-19,23-24H,7-10,20H2,1-2H3,(H,39,41,46)(H,40,42,45). The van der Waals surface area contributed by atoms with Crippen LogP contribution < -0.4 is 22.0 Å². The van der Waals surface area contributed by atoms with Gasteiger partial charge in [0.05, 0.1) is 22.4 Å². The maximum atomic E-state index is 13.5. The Morgan fingerprint density at radius 3 is 2.17 bits per heavy atom. The number of nitrogens with one attached hydrogen (secondary N) is 2. The van der Waals surface area contributed by atoms with Crippen molar-refractivity contribution in [3.05, 3.63) is 127 Å². The lowest BCUT2D eigenvalue weighted by Crippen LogP contribution is -2.24. The molecule has 0 saturated heterocycles. The van der Waals surface area contributed by atoms with Crippen LogP contribution in [-0.4, -0.2) is 26.1 Å². The minimum absolute atomic E-state index is 0.323. The van der Waals surface area contributed by atoms with Crippen LogP contribution in [0, 0.1) is 6.92 Å². The van der Waals surface area contributed by atoms with Gasteiger partial charge in [0.1, 0.15) is 11.6 Å². The number of hydrogen-bond donors (Lipinski definition) is 2. The van der Waals surface area contributed by atoms with Crippen LogP contribution in [0.3, 0.4) is 0 Å². The highest BCUT2D eigenvalue weighted by Gasteiger charge is 2.25. The molecule has 2 N–H and O–H groups in total. The summed E-state index contributed by atoms with van der Waals surface area (Å²) in [5.74, 6) is 2.20. The molecule has 0 radical (unpaired) electrons. The first-order chi connectivity index (χ1) is 22.4. The van der Waals surface area contributed by atoms with Crippen LogP contribution in [0.1, 0.15) is 59.8 Å². The van der Waals surface area contributed by atoms with Gasteiger partial charge in [-0.05, 0) is 115 Å². The highest BCUT2D eigenvalue weighted by molar-refractivity contribution is 6.31. The van der Waals surface area contributed by atoms with E-state index in [1.807, 2.05) is 49.4 Å². The molecule has 8 nitrogen and oxygen atoms in total. The van der Waals surface area contributed by atoms with E-state index in [1.165, 1.54) is 36.8 Å². The van der Waals surface area contributed by atoms with Crippen LogP contribution in [0.15, 0.2) is 88.5 Å². The van der Waals surface area contributed by atoms with Crippen molar-refractivity contribution in [2.45, 2.75) is 51.0 Å². The molecule has 4 aromatic carbocycles. The van der Waals surface area contributed by atoms with Gasteiger partial charge < -0.3 is 10.6 Å². The third-order valence-electron chi connectivity index (χ3n) is 9.20. The highest BCUT2D eigenvalue weighted by Crippen LogP contribution is 2.42. The normalized spacial score (nSPS) is 14.6. The van der Waals surface area contributed by atoms with E-state index in [2.05, 4.69) is 57.0 Å². The number of hydrogen-bond acceptors (Lipinski definition) is 6. The molecule has 0 bridgehead atoms. The summed E-state index contributed by atoms with van der Waals surface area (Å²) in [6, 6.07) is 26.0. The summed E-state index contributed by atoms with van der Waals surface area (Å²) in [5, 5.41) is 8.73. The Kier molecular flexibility index (Phi) is 6.91. The summed E-state index contributed by atoms with van der Waals surface area (Å²) in [6.45, 7) is 2.44. The van der Waals surface area contributed by atoms with Crippen molar-refractivity contribution >= 4 is 45.0 Å². The van der Waals surface area contributed by atoms with E-state index in [9.17, 15) is 9.59 Å². The Bertz CT molecular complexity index is 2300. The number of fused-ring (bicyclic) bond motifs is 2. The molecule has 2 fully saturated rings. The zero-order valence-corrected chi connectivity index (χ0v) is 26.4. The van der Waals surface area contributed by atoms with Crippen molar-refractivity contribution in [2.24, 2.45) is 0 Å². The predicted octanol–water partition coefficient (Wildman–Crippen LogP) is 7.46. The summed E-state index contributed by atoms with van der Waals surface area (Å²) >= 11 is 6.43. The lowest BCUT2D eigenvalue weighted by atomic mass is 10.1. The zero-order chi connectivity index (χ0) is 31.5. The second-order valence-electron chi connectivity index (χ2n) is 12.5. The Labute approximate surface area is 270 Å². The average Bonchev–Trinajstić information content (AvgIpc) is 3.97. The van der Waals surface area contributed by atoms with Crippen LogP contribution in [0.5, 0.6) is 0 Å². The van der Waals surface area contributed by atoms with Crippen LogP contribution in [-0.2, 0) is 6.54 Å². The minimum atomic E-state index is -0.369. The summed E-state index contributed by atoms with van der Waals surface area (Å²) in [5.41, 5.74) is 6.86. The Morgan fingerprint density at radius 2 is 1.43 bits per heavy atom. The molecule has 2 heterocycles. The maximum Gasteiger partial charge on any atom is 0.354 e. The van der Waals surface area contributed by atoms with Crippen molar-refractivity contribution in [3.8, 4) is 11.4 Å². The average molecular weight is 629 g/mol. The van der Waals surface area contributed by atoms with E-state index in [1.54, 1.807) is 16.2 Å². The number of benzene rings is 4. The predicted molar refractivity (Wildman–Crippen MR) is 185 cm³/mol. The van der Waals surface area contributed by atoms with E-state index in [0.29, 0.717) is 40.6 Å². The van der Waals surface area contributed by atoms with Gasteiger partial charge in [-0.1, -0.05) is 41.9 Å². The van der Waals surface area contributed by atoms with E-state index >= 15 is 0 Å². The lowest BCUT2D eigenvalue weighted by Gasteiger charge is -2.17.